The number of rotatable bonds is 17. The van der Waals surface area contributed by atoms with E-state index in [1.165, 1.54) is 0 Å². The second kappa shape index (κ2) is 17.3. The first-order valence-corrected chi connectivity index (χ1v) is 16.2. The number of hydrogen-bond acceptors (Lipinski definition) is 5. The van der Waals surface area contributed by atoms with Crippen molar-refractivity contribution < 1.29 is 19.4 Å². The first-order chi connectivity index (χ1) is 22.3. The van der Waals surface area contributed by atoms with E-state index in [-0.39, 0.29) is 18.0 Å². The van der Waals surface area contributed by atoms with Crippen molar-refractivity contribution in [3.63, 3.8) is 0 Å². The van der Waals surface area contributed by atoms with Gasteiger partial charge in [0.2, 0.25) is 5.91 Å². The summed E-state index contributed by atoms with van der Waals surface area (Å²) in [6.07, 6.45) is 1.09. The number of primary amides is 1. The van der Waals surface area contributed by atoms with Gasteiger partial charge in [0.05, 0.1) is 6.10 Å². The second-order valence-electron chi connectivity index (χ2n) is 11.8. The highest BCUT2D eigenvalue weighted by Crippen LogP contribution is 2.33. The van der Waals surface area contributed by atoms with Gasteiger partial charge in [0.1, 0.15) is 12.4 Å². The third-order valence-corrected chi connectivity index (χ3v) is 8.08. The van der Waals surface area contributed by atoms with Gasteiger partial charge in [0.15, 0.2) is 0 Å². The Morgan fingerprint density at radius 1 is 0.826 bits per heavy atom. The summed E-state index contributed by atoms with van der Waals surface area (Å²) >= 11 is 0. The van der Waals surface area contributed by atoms with Crippen molar-refractivity contribution in [3.8, 4) is 5.75 Å². The molecule has 0 aromatic heterocycles. The number of aliphatic hydroxyl groups excluding tert-OH is 1. The minimum atomic E-state index is -0.920. The van der Waals surface area contributed by atoms with Gasteiger partial charge in [-0.05, 0) is 78.3 Å². The number of nitrogens with one attached hydrogen (secondary N) is 1. The van der Waals surface area contributed by atoms with Crippen molar-refractivity contribution in [2.24, 2.45) is 5.73 Å². The van der Waals surface area contributed by atoms with Crippen molar-refractivity contribution in [2.45, 2.75) is 65.2 Å². The number of hydrogen-bond donors (Lipinski definition) is 3. The summed E-state index contributed by atoms with van der Waals surface area (Å²) in [5.74, 6) is -0.632. The zero-order valence-electron chi connectivity index (χ0n) is 27.2. The summed E-state index contributed by atoms with van der Waals surface area (Å²) in [4.78, 5) is 28.9. The third-order valence-electron chi connectivity index (χ3n) is 8.08. The Balaban J connectivity index is 1.69. The molecule has 242 valence electrons. The fourth-order valence-corrected chi connectivity index (χ4v) is 5.85. The Morgan fingerprint density at radius 2 is 1.41 bits per heavy atom. The van der Waals surface area contributed by atoms with E-state index in [2.05, 4.69) is 5.32 Å². The Labute approximate surface area is 273 Å². The van der Waals surface area contributed by atoms with E-state index in [9.17, 15) is 14.7 Å². The molecule has 0 bridgehead atoms. The van der Waals surface area contributed by atoms with Crippen LogP contribution in [0.4, 0.5) is 0 Å². The van der Waals surface area contributed by atoms with Gasteiger partial charge in [-0.25, -0.2) is 0 Å². The van der Waals surface area contributed by atoms with E-state index in [4.69, 9.17) is 10.5 Å². The van der Waals surface area contributed by atoms with Crippen LogP contribution in [0.2, 0.25) is 0 Å². The van der Waals surface area contributed by atoms with Crippen LogP contribution < -0.4 is 15.8 Å². The predicted molar refractivity (Wildman–Crippen MR) is 184 cm³/mol. The molecule has 0 fully saturated rings. The number of aryl methyl sites for hydroxylation is 1. The monoisotopic (exact) mass is 621 g/mol. The normalized spacial score (nSPS) is 12.3. The average Bonchev–Trinajstić information content (AvgIpc) is 3.07. The topological polar surface area (TPSA) is 105 Å². The number of nitrogens with zero attached hydrogens (tertiary/aromatic N) is 1. The van der Waals surface area contributed by atoms with E-state index in [1.807, 2.05) is 117 Å². The highest BCUT2D eigenvalue weighted by atomic mass is 16.5. The molecule has 0 aliphatic heterocycles. The number of carbonyl (C=O) groups is 2. The first kappa shape index (κ1) is 34.4. The van der Waals surface area contributed by atoms with Gasteiger partial charge in [-0.3, -0.25) is 9.59 Å². The quantitative estimate of drug-likeness (QED) is 0.126. The molecule has 4 rings (SSSR count). The van der Waals surface area contributed by atoms with Crippen molar-refractivity contribution in [2.75, 3.05) is 19.6 Å². The summed E-state index contributed by atoms with van der Waals surface area (Å²) in [6, 6.07) is 31.3. The lowest BCUT2D eigenvalue weighted by atomic mass is 9.80. The number of carbonyl (C=O) groups excluding carboxylic acids is 2. The first-order valence-electron chi connectivity index (χ1n) is 16.2. The molecular weight excluding hydrogens is 574 g/mol. The Bertz CT molecular complexity index is 1540. The van der Waals surface area contributed by atoms with Gasteiger partial charge in [0, 0.05) is 43.2 Å². The number of benzene rings is 4. The molecule has 2 amide bonds. The lowest BCUT2D eigenvalue weighted by Crippen LogP contribution is -2.37. The lowest BCUT2D eigenvalue weighted by Gasteiger charge is -2.30. The van der Waals surface area contributed by atoms with Gasteiger partial charge < -0.3 is 25.8 Å². The maximum Gasteiger partial charge on any atom is 0.254 e. The molecule has 7 nitrogen and oxygen atoms in total. The SMILES string of the molecule is CCCN(CCC)C(=O)c1cc(C)cc(C(N)=O)c1[C@H](Cc1ccc(OCc2ccccc2)cc1)[C@@H](O)CNCc1ccccc1. The van der Waals surface area contributed by atoms with Gasteiger partial charge in [-0.2, -0.15) is 0 Å². The third kappa shape index (κ3) is 9.52. The minimum Gasteiger partial charge on any atom is -0.489 e. The largest absolute Gasteiger partial charge is 0.489 e. The van der Waals surface area contributed by atoms with Crippen LogP contribution >= 0.6 is 0 Å². The van der Waals surface area contributed by atoms with Crippen LogP contribution in [-0.4, -0.2) is 47.6 Å². The number of amides is 2. The standard InChI is InChI=1S/C39H47N3O4/c1-4-20-42(21-5-2)39(45)35-23-28(3)22-34(38(40)44)37(35)33(36(43)26-41-25-30-12-8-6-9-13-30)24-29-16-18-32(19-17-29)46-27-31-14-10-7-11-15-31/h6-19,22-23,33,36,41,43H,4-5,20-21,24-27H2,1-3H3,(H2,40,44)/t33-,36+/m1/s1. The fourth-order valence-electron chi connectivity index (χ4n) is 5.85. The van der Waals surface area contributed by atoms with E-state index in [1.54, 1.807) is 6.07 Å². The maximum absolute atomic E-state index is 14.1. The highest BCUT2D eigenvalue weighted by molar-refractivity contribution is 6.02. The lowest BCUT2D eigenvalue weighted by molar-refractivity contribution is 0.0751. The zero-order chi connectivity index (χ0) is 32.9. The van der Waals surface area contributed by atoms with E-state index in [0.29, 0.717) is 43.8 Å². The fraction of sp³-hybridized carbons (Fsp3) is 0.333. The second-order valence-corrected chi connectivity index (χ2v) is 11.8. The Morgan fingerprint density at radius 3 is 2.00 bits per heavy atom. The van der Waals surface area contributed by atoms with Crippen LogP contribution in [0, 0.1) is 6.92 Å². The smallest absolute Gasteiger partial charge is 0.254 e. The van der Waals surface area contributed by atoms with Crippen LogP contribution in [0.5, 0.6) is 5.75 Å². The van der Waals surface area contributed by atoms with Crippen LogP contribution in [0.3, 0.4) is 0 Å². The summed E-state index contributed by atoms with van der Waals surface area (Å²) < 4.78 is 6.00. The molecule has 0 radical (unpaired) electrons. The Kier molecular flexibility index (Phi) is 12.9. The van der Waals surface area contributed by atoms with Gasteiger partial charge >= 0.3 is 0 Å². The average molecular weight is 622 g/mol. The van der Waals surface area contributed by atoms with Gasteiger partial charge in [-0.1, -0.05) is 86.6 Å². The number of ether oxygens (including phenoxy) is 1. The molecule has 0 saturated heterocycles. The van der Waals surface area contributed by atoms with Gasteiger partial charge in [0.25, 0.3) is 5.91 Å². The maximum atomic E-state index is 14.1. The van der Waals surface area contributed by atoms with E-state index >= 15 is 0 Å². The molecule has 0 aliphatic rings. The van der Waals surface area contributed by atoms with Gasteiger partial charge in [-0.15, -0.1) is 0 Å². The van der Waals surface area contributed by atoms with Crippen LogP contribution in [0.25, 0.3) is 0 Å². The minimum absolute atomic E-state index is 0.149. The summed E-state index contributed by atoms with van der Waals surface area (Å²) in [6.45, 7) is 8.42. The van der Waals surface area contributed by atoms with Crippen molar-refractivity contribution in [1.82, 2.24) is 10.2 Å². The molecule has 2 atom stereocenters. The molecule has 4 aromatic carbocycles. The number of aliphatic hydroxyl groups is 1. The van der Waals surface area contributed by atoms with Crippen LogP contribution in [-0.2, 0) is 19.6 Å². The Hall–Kier alpha value is -4.46. The molecule has 46 heavy (non-hydrogen) atoms. The summed E-state index contributed by atoms with van der Waals surface area (Å²) in [5, 5.41) is 15.2. The van der Waals surface area contributed by atoms with Crippen molar-refractivity contribution in [1.29, 1.82) is 0 Å². The van der Waals surface area contributed by atoms with E-state index < -0.39 is 17.9 Å². The molecule has 0 spiro atoms. The summed E-state index contributed by atoms with van der Waals surface area (Å²) in [5.41, 5.74) is 11.0. The molecule has 0 aliphatic carbocycles. The zero-order valence-corrected chi connectivity index (χ0v) is 27.2. The number of nitrogens with two attached hydrogens (primary N) is 1. The molecule has 4 N–H and O–H groups in total. The summed E-state index contributed by atoms with van der Waals surface area (Å²) in [7, 11) is 0. The predicted octanol–water partition coefficient (Wildman–Crippen LogP) is 6.41. The van der Waals surface area contributed by atoms with Crippen LogP contribution in [0.1, 0.15) is 81.1 Å². The molecule has 0 unspecified atom stereocenters. The van der Waals surface area contributed by atoms with Crippen LogP contribution in [0.15, 0.2) is 97.1 Å². The molecular formula is C39H47N3O4. The molecule has 0 heterocycles. The van der Waals surface area contributed by atoms with E-state index in [0.717, 1.165) is 40.8 Å². The van der Waals surface area contributed by atoms with Crippen molar-refractivity contribution >= 4 is 11.8 Å². The highest BCUT2D eigenvalue weighted by Gasteiger charge is 2.32. The molecule has 7 heteroatoms. The molecule has 0 saturated carbocycles. The van der Waals surface area contributed by atoms with Crippen molar-refractivity contribution in [3.05, 3.63) is 136 Å². The molecule has 4 aromatic rings.